The molecule has 0 saturated heterocycles. The normalized spacial score (nSPS) is 22.2. The van der Waals surface area contributed by atoms with E-state index in [1.54, 1.807) is 0 Å². The van der Waals surface area contributed by atoms with Crippen LogP contribution in [0.5, 0.6) is 0 Å². The summed E-state index contributed by atoms with van der Waals surface area (Å²) in [4.78, 5) is 0. The molecule has 1 N–H and O–H groups in total. The lowest BCUT2D eigenvalue weighted by Gasteiger charge is -2.05. The van der Waals surface area contributed by atoms with Crippen LogP contribution >= 0.6 is 0 Å². The van der Waals surface area contributed by atoms with Gasteiger partial charge >= 0.3 is 0 Å². The van der Waals surface area contributed by atoms with Gasteiger partial charge in [-0.25, -0.2) is 0 Å². The van der Waals surface area contributed by atoms with Crippen molar-refractivity contribution in [3.63, 3.8) is 0 Å². The number of aliphatic hydroxyl groups is 1. The molecule has 1 heterocycles. The van der Waals surface area contributed by atoms with E-state index in [4.69, 9.17) is 5.11 Å². The Balaban J connectivity index is 2.01. The number of hydrogen-bond donors (Lipinski definition) is 1. The first-order valence-corrected chi connectivity index (χ1v) is 4.94. The molecule has 2 saturated carbocycles. The maximum Gasteiger partial charge on any atom is 0.159 e. The molecule has 2 aliphatic rings. The minimum Gasteiger partial charge on any atom is -0.388 e. The second-order valence-corrected chi connectivity index (χ2v) is 4.01. The fraction of sp³-hybridized carbons (Fsp3) is 0.778. The number of rotatable bonds is 3. The average Bonchev–Trinajstić information content (AvgIpc) is 3.03. The van der Waals surface area contributed by atoms with Gasteiger partial charge in [0.05, 0.1) is 0 Å². The molecule has 0 aromatic carbocycles. The minimum absolute atomic E-state index is 0.0240. The molecule has 0 amide bonds. The monoisotopic (exact) mass is 179 g/mol. The summed E-state index contributed by atoms with van der Waals surface area (Å²) in [5.74, 6) is 2.50. The highest BCUT2D eigenvalue weighted by molar-refractivity contribution is 5.11. The van der Waals surface area contributed by atoms with Crippen LogP contribution in [-0.2, 0) is 6.61 Å². The van der Waals surface area contributed by atoms with Crippen molar-refractivity contribution in [3.8, 4) is 0 Å². The minimum atomic E-state index is 0.0240. The van der Waals surface area contributed by atoms with Crippen LogP contribution in [0.15, 0.2) is 0 Å². The zero-order chi connectivity index (χ0) is 8.84. The molecular formula is C9H13N3O. The molecule has 1 aromatic rings. The highest BCUT2D eigenvalue weighted by Crippen LogP contribution is 2.44. The fourth-order valence-electron chi connectivity index (χ4n) is 1.80. The first-order valence-electron chi connectivity index (χ1n) is 4.94. The Morgan fingerprint density at radius 2 is 2.00 bits per heavy atom. The summed E-state index contributed by atoms with van der Waals surface area (Å²) in [6, 6.07) is 0.591. The maximum atomic E-state index is 9.09. The third-order valence-corrected chi connectivity index (χ3v) is 2.79. The SMILES string of the molecule is OCc1nnc(C2CC2)n1C1CC1. The van der Waals surface area contributed by atoms with Crippen LogP contribution in [0.1, 0.15) is 49.3 Å². The van der Waals surface area contributed by atoms with Gasteiger partial charge < -0.3 is 9.67 Å². The van der Waals surface area contributed by atoms with Crippen LogP contribution in [0.25, 0.3) is 0 Å². The first-order chi connectivity index (χ1) is 6.40. The molecule has 2 aliphatic carbocycles. The molecule has 0 spiro atoms. The molecule has 1 aromatic heterocycles. The van der Waals surface area contributed by atoms with Gasteiger partial charge in [0.2, 0.25) is 0 Å². The highest BCUT2D eigenvalue weighted by atomic mass is 16.3. The zero-order valence-corrected chi connectivity index (χ0v) is 7.48. The largest absolute Gasteiger partial charge is 0.388 e. The van der Waals surface area contributed by atoms with Crippen molar-refractivity contribution >= 4 is 0 Å². The van der Waals surface area contributed by atoms with Gasteiger partial charge in [0.1, 0.15) is 12.4 Å². The lowest BCUT2D eigenvalue weighted by atomic mass is 10.4. The van der Waals surface area contributed by atoms with E-state index in [9.17, 15) is 0 Å². The van der Waals surface area contributed by atoms with Gasteiger partial charge in [-0.1, -0.05) is 0 Å². The summed E-state index contributed by atoms with van der Waals surface area (Å²) < 4.78 is 2.16. The van der Waals surface area contributed by atoms with E-state index in [1.807, 2.05) is 0 Å². The average molecular weight is 179 g/mol. The van der Waals surface area contributed by atoms with E-state index in [-0.39, 0.29) is 6.61 Å². The smallest absolute Gasteiger partial charge is 0.159 e. The lowest BCUT2D eigenvalue weighted by molar-refractivity contribution is 0.264. The Morgan fingerprint density at radius 3 is 2.54 bits per heavy atom. The third-order valence-electron chi connectivity index (χ3n) is 2.79. The van der Waals surface area contributed by atoms with Gasteiger partial charge in [0.25, 0.3) is 0 Å². The molecule has 0 unspecified atom stereocenters. The number of aromatic nitrogens is 3. The Labute approximate surface area is 76.6 Å². The van der Waals surface area contributed by atoms with E-state index >= 15 is 0 Å². The lowest BCUT2D eigenvalue weighted by Crippen LogP contribution is -2.05. The quantitative estimate of drug-likeness (QED) is 0.752. The second-order valence-electron chi connectivity index (χ2n) is 4.01. The Kier molecular flexibility index (Phi) is 1.47. The van der Waals surface area contributed by atoms with E-state index < -0.39 is 0 Å². The topological polar surface area (TPSA) is 50.9 Å². The van der Waals surface area contributed by atoms with Gasteiger partial charge in [-0.05, 0) is 25.7 Å². The molecule has 0 bridgehead atoms. The first kappa shape index (κ1) is 7.50. The van der Waals surface area contributed by atoms with E-state index in [0.717, 1.165) is 11.6 Å². The van der Waals surface area contributed by atoms with E-state index in [0.29, 0.717) is 12.0 Å². The Bertz CT molecular complexity index is 326. The number of nitrogens with zero attached hydrogens (tertiary/aromatic N) is 3. The standard InChI is InChI=1S/C9H13N3O/c13-5-8-10-11-9(6-1-2-6)12(8)7-3-4-7/h6-7,13H,1-5H2. The maximum absolute atomic E-state index is 9.09. The van der Waals surface area contributed by atoms with Crippen LogP contribution in [0.3, 0.4) is 0 Å². The molecule has 4 nitrogen and oxygen atoms in total. The van der Waals surface area contributed by atoms with E-state index in [2.05, 4.69) is 14.8 Å². The molecule has 0 aliphatic heterocycles. The van der Waals surface area contributed by atoms with Crippen molar-refractivity contribution in [3.05, 3.63) is 11.6 Å². The summed E-state index contributed by atoms with van der Waals surface area (Å²) in [6.45, 7) is 0.0240. The number of aliphatic hydroxyl groups excluding tert-OH is 1. The predicted molar refractivity (Wildman–Crippen MR) is 46.2 cm³/mol. The van der Waals surface area contributed by atoms with Crippen molar-refractivity contribution in [2.75, 3.05) is 0 Å². The molecule has 0 atom stereocenters. The van der Waals surface area contributed by atoms with Gasteiger partial charge in [-0.15, -0.1) is 10.2 Å². The molecule has 3 rings (SSSR count). The Hall–Kier alpha value is -0.900. The van der Waals surface area contributed by atoms with Crippen LogP contribution in [-0.4, -0.2) is 19.9 Å². The van der Waals surface area contributed by atoms with Gasteiger partial charge in [0, 0.05) is 12.0 Å². The molecule has 4 heteroatoms. The van der Waals surface area contributed by atoms with Gasteiger partial charge in [-0.2, -0.15) is 0 Å². The third kappa shape index (κ3) is 1.16. The van der Waals surface area contributed by atoms with Crippen LogP contribution in [0.4, 0.5) is 0 Å². The van der Waals surface area contributed by atoms with Crippen molar-refractivity contribution in [1.29, 1.82) is 0 Å². The molecular weight excluding hydrogens is 166 g/mol. The fourth-order valence-corrected chi connectivity index (χ4v) is 1.80. The summed E-state index contributed by atoms with van der Waals surface area (Å²) in [7, 11) is 0. The molecule has 13 heavy (non-hydrogen) atoms. The van der Waals surface area contributed by atoms with Crippen molar-refractivity contribution < 1.29 is 5.11 Å². The zero-order valence-electron chi connectivity index (χ0n) is 7.48. The summed E-state index contributed by atoms with van der Waals surface area (Å²) in [5, 5.41) is 17.3. The summed E-state index contributed by atoms with van der Waals surface area (Å²) >= 11 is 0. The van der Waals surface area contributed by atoms with Gasteiger partial charge in [0.15, 0.2) is 5.82 Å². The van der Waals surface area contributed by atoms with Crippen LogP contribution < -0.4 is 0 Å². The molecule has 2 fully saturated rings. The number of hydrogen-bond acceptors (Lipinski definition) is 3. The van der Waals surface area contributed by atoms with Crippen molar-refractivity contribution in [2.45, 2.75) is 44.2 Å². The van der Waals surface area contributed by atoms with Crippen molar-refractivity contribution in [2.24, 2.45) is 0 Å². The summed E-state index contributed by atoms with van der Waals surface area (Å²) in [5.41, 5.74) is 0. The predicted octanol–water partition coefficient (Wildman–Crippen LogP) is 0.983. The van der Waals surface area contributed by atoms with Crippen molar-refractivity contribution in [1.82, 2.24) is 14.8 Å². The van der Waals surface area contributed by atoms with Crippen LogP contribution in [0.2, 0.25) is 0 Å². The van der Waals surface area contributed by atoms with Crippen LogP contribution in [0, 0.1) is 0 Å². The van der Waals surface area contributed by atoms with E-state index in [1.165, 1.54) is 25.7 Å². The second kappa shape index (κ2) is 2.54. The molecule has 0 radical (unpaired) electrons. The molecule has 70 valence electrons. The Morgan fingerprint density at radius 1 is 1.23 bits per heavy atom. The highest BCUT2D eigenvalue weighted by Gasteiger charge is 2.35. The summed E-state index contributed by atoms with van der Waals surface area (Å²) in [6.07, 6.45) is 4.95. The van der Waals surface area contributed by atoms with Gasteiger partial charge in [-0.3, -0.25) is 0 Å².